The van der Waals surface area contributed by atoms with E-state index in [1.54, 1.807) is 30.3 Å². The predicted molar refractivity (Wildman–Crippen MR) is 216 cm³/mol. The van der Waals surface area contributed by atoms with Gasteiger partial charge in [-0.25, -0.2) is 4.98 Å². The number of pyridine rings is 1. The number of aromatic nitrogens is 1. The van der Waals surface area contributed by atoms with E-state index in [1.165, 1.54) is 0 Å². The largest absolute Gasteiger partial charge is 0.489 e. The number of rotatable bonds is 6. The number of nitrogens with one attached hydrogen (secondary N) is 1. The maximum Gasteiger partial charge on any atom is 0.281 e. The lowest BCUT2D eigenvalue weighted by Crippen LogP contribution is -2.74. The van der Waals surface area contributed by atoms with Crippen molar-refractivity contribution >= 4 is 47.0 Å². The van der Waals surface area contributed by atoms with E-state index in [-0.39, 0.29) is 58.9 Å². The number of carbonyl (C=O) groups is 5. The number of halogens is 1. The number of imide groups is 2. The van der Waals surface area contributed by atoms with Crippen molar-refractivity contribution in [2.45, 2.75) is 84.2 Å². The number of ether oxygens (including phenoxy) is 1. The molecular weight excluding hydrogens is 770 g/mol. The molecule has 59 heavy (non-hydrogen) atoms. The van der Waals surface area contributed by atoms with Gasteiger partial charge < -0.3 is 14.5 Å². The van der Waals surface area contributed by atoms with Crippen LogP contribution in [0.4, 0.5) is 5.82 Å². The molecule has 6 heterocycles. The average molecular weight is 814 g/mol. The first-order valence-electron chi connectivity index (χ1n) is 20.2. The third-order valence-corrected chi connectivity index (χ3v) is 13.6. The van der Waals surface area contributed by atoms with Gasteiger partial charge in [-0.3, -0.25) is 39.1 Å². The second kappa shape index (κ2) is 14.2. The topological polar surface area (TPSA) is 156 Å². The summed E-state index contributed by atoms with van der Waals surface area (Å²) in [5, 5.41) is 11.8. The number of nitriles is 1. The molecular formula is C45H44ClN7O6. The molecule has 1 unspecified atom stereocenters. The van der Waals surface area contributed by atoms with Crippen molar-refractivity contribution in [3.05, 3.63) is 87.1 Å². The fraction of sp³-hybridized carbons (Fsp3) is 0.444. The van der Waals surface area contributed by atoms with Gasteiger partial charge in [-0.1, -0.05) is 51.1 Å². The maximum absolute atomic E-state index is 13.8. The molecule has 0 radical (unpaired) electrons. The average Bonchev–Trinajstić information content (AvgIpc) is 3.62. The molecule has 1 aromatic heterocycles. The molecule has 302 valence electrons. The summed E-state index contributed by atoms with van der Waals surface area (Å²) in [7, 11) is 0. The molecule has 3 aromatic rings. The Morgan fingerprint density at radius 3 is 2.31 bits per heavy atom. The highest BCUT2D eigenvalue weighted by Crippen LogP contribution is 2.59. The zero-order valence-corrected chi connectivity index (χ0v) is 34.1. The number of piperidine rings is 2. The number of likely N-dealkylation sites (tertiary alicyclic amines) is 1. The Balaban J connectivity index is 0.777. The van der Waals surface area contributed by atoms with Crippen LogP contribution >= 0.6 is 11.6 Å². The van der Waals surface area contributed by atoms with Crippen molar-refractivity contribution in [2.24, 2.45) is 16.7 Å². The molecule has 5 aliphatic heterocycles. The van der Waals surface area contributed by atoms with E-state index in [0.29, 0.717) is 34.7 Å². The van der Waals surface area contributed by atoms with E-state index in [0.717, 1.165) is 60.6 Å². The highest BCUT2D eigenvalue weighted by atomic mass is 35.5. The number of hydrogen-bond donors (Lipinski definition) is 1. The molecule has 6 aliphatic rings. The highest BCUT2D eigenvalue weighted by Gasteiger charge is 2.67. The van der Waals surface area contributed by atoms with Crippen LogP contribution in [0, 0.1) is 39.9 Å². The van der Waals surface area contributed by atoms with Gasteiger partial charge in [-0.15, -0.1) is 0 Å². The minimum atomic E-state index is -1.02. The van der Waals surface area contributed by atoms with Gasteiger partial charge in [0.25, 0.3) is 17.7 Å². The molecule has 14 heteroatoms. The van der Waals surface area contributed by atoms with Crippen molar-refractivity contribution in [1.29, 1.82) is 5.26 Å². The van der Waals surface area contributed by atoms with Gasteiger partial charge in [0.2, 0.25) is 11.8 Å². The zero-order chi connectivity index (χ0) is 41.5. The summed E-state index contributed by atoms with van der Waals surface area (Å²) in [5.41, 5.74) is 2.54. The molecule has 1 saturated carbocycles. The summed E-state index contributed by atoms with van der Waals surface area (Å²) in [5.74, 6) is 6.22. The van der Waals surface area contributed by atoms with Gasteiger partial charge in [0, 0.05) is 72.1 Å². The van der Waals surface area contributed by atoms with Crippen molar-refractivity contribution in [3.63, 3.8) is 0 Å². The molecule has 5 amide bonds. The zero-order valence-electron chi connectivity index (χ0n) is 33.4. The first kappa shape index (κ1) is 38.7. The van der Waals surface area contributed by atoms with Crippen LogP contribution in [0.2, 0.25) is 5.02 Å². The number of fused-ring (bicyclic) bond motifs is 2. The van der Waals surface area contributed by atoms with Crippen LogP contribution in [0.15, 0.2) is 48.5 Å². The third-order valence-electron chi connectivity index (χ3n) is 13.3. The van der Waals surface area contributed by atoms with Crippen molar-refractivity contribution in [1.82, 2.24) is 25.0 Å². The Labute approximate surface area is 347 Å². The second-order valence-electron chi connectivity index (χ2n) is 17.8. The van der Waals surface area contributed by atoms with E-state index in [4.69, 9.17) is 16.3 Å². The van der Waals surface area contributed by atoms with Crippen LogP contribution < -0.4 is 15.0 Å². The SMILES string of the molecule is CC1(C)C(Oc2ccc(C#N)c(Cl)c2)C(C)(C)C1N1Cc2cc(C#CC3CCN(C4CN(c5ccc6c(n5)C(=O)N(C5CCC(=O)NC5=O)C6=O)C4)CC3)ccc2C1=O. The Morgan fingerprint density at radius 2 is 1.61 bits per heavy atom. The maximum atomic E-state index is 13.8. The molecule has 3 saturated heterocycles. The van der Waals surface area contributed by atoms with Crippen LogP contribution in [-0.2, 0) is 16.1 Å². The molecule has 13 nitrogen and oxygen atoms in total. The van der Waals surface area contributed by atoms with Gasteiger partial charge in [0.05, 0.1) is 16.1 Å². The number of carbonyl (C=O) groups excluding carboxylic acids is 5. The molecule has 0 spiro atoms. The van der Waals surface area contributed by atoms with E-state index >= 15 is 0 Å². The van der Waals surface area contributed by atoms with E-state index < -0.39 is 29.7 Å². The number of nitrogens with zero attached hydrogens (tertiary/aromatic N) is 6. The fourth-order valence-electron chi connectivity index (χ4n) is 10.6. The minimum absolute atomic E-state index is 0.0272. The summed E-state index contributed by atoms with van der Waals surface area (Å²) < 4.78 is 6.47. The Morgan fingerprint density at radius 1 is 0.881 bits per heavy atom. The standard InChI is InChI=1S/C45H44ClN7O6/c1-44(2)42(45(3,4)43(44)59-30-9-8-27(21-47)33(46)20-30)52-22-28-19-26(7-10-31(28)39(52)56)6-5-25-15-17-50(18-16-25)29-23-51(24-29)35-13-11-32-37(48-35)41(58)53(40(32)57)34-12-14-36(54)49-38(34)55/h7-11,13,19-20,25,29,34,42-43H,12,14-18,22-24H2,1-4H3,(H,49,54,55). The normalized spacial score (nSPS) is 25.1. The molecule has 1 aliphatic carbocycles. The lowest BCUT2D eigenvalue weighted by molar-refractivity contribution is -0.199. The summed E-state index contributed by atoms with van der Waals surface area (Å²) in [6.07, 6.45) is 1.89. The van der Waals surface area contributed by atoms with E-state index in [1.807, 2.05) is 17.0 Å². The first-order chi connectivity index (χ1) is 28.1. The molecule has 4 fully saturated rings. The van der Waals surface area contributed by atoms with E-state index in [9.17, 15) is 29.2 Å². The lowest BCUT2D eigenvalue weighted by Gasteiger charge is -2.65. The Bertz CT molecular complexity index is 2440. The molecule has 0 bridgehead atoms. The Kier molecular flexibility index (Phi) is 9.33. The summed E-state index contributed by atoms with van der Waals surface area (Å²) in [4.78, 5) is 76.2. The summed E-state index contributed by atoms with van der Waals surface area (Å²) >= 11 is 6.29. The van der Waals surface area contributed by atoms with Crippen molar-refractivity contribution in [3.8, 4) is 23.7 Å². The van der Waals surface area contributed by atoms with Crippen LogP contribution in [0.1, 0.15) is 101 Å². The summed E-state index contributed by atoms with van der Waals surface area (Å²) in [6.45, 7) is 12.4. The van der Waals surface area contributed by atoms with Gasteiger partial charge >= 0.3 is 0 Å². The Hall–Kier alpha value is -5.76. The highest BCUT2D eigenvalue weighted by molar-refractivity contribution is 6.31. The monoisotopic (exact) mass is 813 g/mol. The van der Waals surface area contributed by atoms with Gasteiger partial charge in [0.1, 0.15) is 35.5 Å². The first-order valence-corrected chi connectivity index (χ1v) is 20.6. The number of anilines is 1. The summed E-state index contributed by atoms with van der Waals surface area (Å²) in [6, 6.07) is 15.7. The lowest BCUT2D eigenvalue weighted by atomic mass is 9.49. The smallest absolute Gasteiger partial charge is 0.281 e. The van der Waals surface area contributed by atoms with Crippen LogP contribution in [0.3, 0.4) is 0 Å². The second-order valence-corrected chi connectivity index (χ2v) is 18.2. The fourth-order valence-corrected chi connectivity index (χ4v) is 10.8. The molecule has 9 rings (SSSR count). The van der Waals surface area contributed by atoms with Gasteiger partial charge in [-0.2, -0.15) is 5.26 Å². The van der Waals surface area contributed by atoms with Crippen LogP contribution in [0.25, 0.3) is 0 Å². The van der Waals surface area contributed by atoms with E-state index in [2.05, 4.69) is 71.8 Å². The quantitative estimate of drug-likeness (QED) is 0.271. The van der Waals surface area contributed by atoms with Crippen LogP contribution in [-0.4, -0.2) is 99.6 Å². The number of amides is 5. The number of hydrogen-bond acceptors (Lipinski definition) is 10. The van der Waals surface area contributed by atoms with Gasteiger partial charge in [0.15, 0.2) is 0 Å². The number of benzene rings is 2. The minimum Gasteiger partial charge on any atom is -0.489 e. The predicted octanol–water partition coefficient (Wildman–Crippen LogP) is 4.80. The van der Waals surface area contributed by atoms with Crippen molar-refractivity contribution in [2.75, 3.05) is 31.1 Å². The third kappa shape index (κ3) is 6.43. The van der Waals surface area contributed by atoms with Crippen LogP contribution in [0.5, 0.6) is 5.75 Å². The van der Waals surface area contributed by atoms with Crippen molar-refractivity contribution < 1.29 is 28.7 Å². The molecule has 1 atom stereocenters. The molecule has 2 aromatic carbocycles. The molecule has 1 N–H and O–H groups in total. The van der Waals surface area contributed by atoms with Gasteiger partial charge in [-0.05, 0) is 80.4 Å².